The number of carbonyl (C=O) groups excluding carboxylic acids is 5. The number of thioether (sulfide) groups is 1. The van der Waals surface area contributed by atoms with Crippen molar-refractivity contribution in [1.29, 1.82) is 0 Å². The highest BCUT2D eigenvalue weighted by Crippen LogP contribution is 2.16. The molecule has 0 bridgehead atoms. The van der Waals surface area contributed by atoms with E-state index in [0.717, 1.165) is 44.9 Å². The van der Waals surface area contributed by atoms with Crippen LogP contribution in [0.3, 0.4) is 0 Å². The average molecular weight is 885 g/mol. The van der Waals surface area contributed by atoms with Crippen LogP contribution in [0.2, 0.25) is 0 Å². The van der Waals surface area contributed by atoms with Crippen LogP contribution in [0.4, 0.5) is 0 Å². The van der Waals surface area contributed by atoms with Crippen molar-refractivity contribution >= 4 is 47.4 Å². The molecule has 61 heavy (non-hydrogen) atoms. The van der Waals surface area contributed by atoms with Gasteiger partial charge in [0.1, 0.15) is 24.8 Å². The Morgan fingerprint density at radius 2 is 0.951 bits per heavy atom. The molecule has 7 N–H and O–H groups in total. The zero-order valence-corrected chi connectivity index (χ0v) is 39.4. The van der Waals surface area contributed by atoms with E-state index in [1.807, 2.05) is 0 Å². The van der Waals surface area contributed by atoms with E-state index in [4.69, 9.17) is 26.0 Å². The van der Waals surface area contributed by atoms with Gasteiger partial charge in [-0.05, 0) is 25.7 Å². The number of esters is 2. The van der Waals surface area contributed by atoms with Gasteiger partial charge in [0.15, 0.2) is 0 Å². The summed E-state index contributed by atoms with van der Waals surface area (Å²) in [6, 6.07) is -3.25. The summed E-state index contributed by atoms with van der Waals surface area (Å²) in [6.07, 6.45) is 31.0. The van der Waals surface area contributed by atoms with E-state index < -0.39 is 47.9 Å². The summed E-state index contributed by atoms with van der Waals surface area (Å²) in [5, 5.41) is 13.9. The van der Waals surface area contributed by atoms with Crippen molar-refractivity contribution in [2.75, 3.05) is 18.1 Å². The number of amides is 3. The zero-order valence-electron chi connectivity index (χ0n) is 38.6. The van der Waals surface area contributed by atoms with Crippen molar-refractivity contribution in [1.82, 2.24) is 10.6 Å². The normalized spacial score (nSPS) is 13.2. The number of unbranched alkanes of at least 4 members (excludes halogenated alkanes) is 24. The van der Waals surface area contributed by atoms with Gasteiger partial charge in [-0.3, -0.25) is 28.8 Å². The zero-order chi connectivity index (χ0) is 45.4. The molecule has 4 atom stereocenters. The molecule has 0 aliphatic heterocycles. The van der Waals surface area contributed by atoms with Crippen LogP contribution in [0.1, 0.15) is 220 Å². The van der Waals surface area contributed by atoms with Gasteiger partial charge in [0.2, 0.25) is 17.7 Å². The number of carbonyl (C=O) groups is 6. The van der Waals surface area contributed by atoms with Crippen molar-refractivity contribution < 1.29 is 43.3 Å². The van der Waals surface area contributed by atoms with Gasteiger partial charge in [0.05, 0.1) is 6.04 Å². The molecule has 0 fully saturated rings. The first-order chi connectivity index (χ1) is 29.4. The van der Waals surface area contributed by atoms with Gasteiger partial charge in [-0.2, -0.15) is 11.8 Å². The molecule has 0 spiro atoms. The second-order valence-corrected chi connectivity index (χ2v) is 17.9. The van der Waals surface area contributed by atoms with Crippen LogP contribution in [-0.4, -0.2) is 83.1 Å². The van der Waals surface area contributed by atoms with Gasteiger partial charge >= 0.3 is 17.9 Å². The maximum atomic E-state index is 12.9. The van der Waals surface area contributed by atoms with Crippen molar-refractivity contribution in [3.05, 3.63) is 0 Å². The number of aliphatic carboxylic acids is 1. The molecule has 0 rings (SSSR count). The van der Waals surface area contributed by atoms with Gasteiger partial charge < -0.3 is 36.7 Å². The summed E-state index contributed by atoms with van der Waals surface area (Å²) in [4.78, 5) is 73.9. The Balaban J connectivity index is 4.83. The lowest BCUT2D eigenvalue weighted by Gasteiger charge is -2.22. The fourth-order valence-corrected chi connectivity index (χ4v) is 8.02. The largest absolute Gasteiger partial charge is 0.481 e. The number of rotatable bonds is 44. The highest BCUT2D eigenvalue weighted by Gasteiger charge is 2.27. The molecular weight excluding hydrogens is 797 g/mol. The van der Waals surface area contributed by atoms with Crippen LogP contribution in [0.5, 0.6) is 0 Å². The molecule has 0 aromatic carbocycles. The quantitative estimate of drug-likeness (QED) is 0.0287. The molecule has 0 aromatic rings. The molecule has 356 valence electrons. The first-order valence-electron chi connectivity index (χ1n) is 24.2. The van der Waals surface area contributed by atoms with E-state index in [1.54, 1.807) is 6.92 Å². The Morgan fingerprint density at radius 3 is 1.36 bits per heavy atom. The molecule has 13 nitrogen and oxygen atoms in total. The van der Waals surface area contributed by atoms with Crippen molar-refractivity contribution in [3.8, 4) is 0 Å². The minimum atomic E-state index is -1.20. The number of primary amides is 1. The lowest BCUT2D eigenvalue weighted by atomic mass is 10.0. The third-order valence-corrected chi connectivity index (χ3v) is 12.2. The van der Waals surface area contributed by atoms with E-state index in [9.17, 15) is 28.8 Å². The van der Waals surface area contributed by atoms with Gasteiger partial charge in [-0.1, -0.05) is 175 Å². The van der Waals surface area contributed by atoms with Crippen molar-refractivity contribution in [2.24, 2.45) is 11.5 Å². The number of hydrogen-bond acceptors (Lipinski definition) is 10. The van der Waals surface area contributed by atoms with E-state index in [2.05, 4.69) is 24.5 Å². The average Bonchev–Trinajstić information content (AvgIpc) is 3.23. The van der Waals surface area contributed by atoms with Crippen molar-refractivity contribution in [3.63, 3.8) is 0 Å². The van der Waals surface area contributed by atoms with Crippen LogP contribution in [0.25, 0.3) is 0 Å². The van der Waals surface area contributed by atoms with Crippen molar-refractivity contribution in [2.45, 2.75) is 244 Å². The van der Waals surface area contributed by atoms with Gasteiger partial charge in [-0.25, -0.2) is 0 Å². The number of carboxylic acid groups (broad SMARTS) is 1. The van der Waals surface area contributed by atoms with E-state index in [0.29, 0.717) is 6.42 Å². The van der Waals surface area contributed by atoms with Gasteiger partial charge in [0.25, 0.3) is 0 Å². The Morgan fingerprint density at radius 1 is 0.541 bits per heavy atom. The highest BCUT2D eigenvalue weighted by molar-refractivity contribution is 7.99. The fraction of sp³-hybridized carbons (Fsp3) is 0.872. The van der Waals surface area contributed by atoms with E-state index in [1.165, 1.54) is 134 Å². The Hall–Kier alpha value is -2.87. The molecule has 0 aliphatic rings. The second-order valence-electron chi connectivity index (χ2n) is 16.8. The van der Waals surface area contributed by atoms with Crippen LogP contribution in [0, 0.1) is 0 Å². The molecule has 4 unspecified atom stereocenters. The number of hydrogen-bond donors (Lipinski definition) is 5. The van der Waals surface area contributed by atoms with Crippen LogP contribution in [0.15, 0.2) is 0 Å². The van der Waals surface area contributed by atoms with Gasteiger partial charge in [-0.15, -0.1) is 0 Å². The molecule has 3 amide bonds. The first kappa shape index (κ1) is 58.1. The fourth-order valence-electron chi connectivity index (χ4n) is 7.05. The van der Waals surface area contributed by atoms with Crippen LogP contribution < -0.4 is 22.1 Å². The SMILES string of the molecule is CCCCCCCCCCCCCCCC(=O)OCC(CSCC(N)C(=O)NC(CC)C(=O)NC(CCC(=O)O)C(N)=O)OC(=O)CCCCCCCCCCCCCCC. The highest BCUT2D eigenvalue weighted by atomic mass is 32.2. The number of nitrogens with two attached hydrogens (primary N) is 2. The molecule has 0 saturated carbocycles. The summed E-state index contributed by atoms with van der Waals surface area (Å²) < 4.78 is 11.3. The molecule has 0 saturated heterocycles. The summed E-state index contributed by atoms with van der Waals surface area (Å²) in [7, 11) is 0. The third-order valence-electron chi connectivity index (χ3n) is 11.0. The van der Waals surface area contributed by atoms with E-state index in [-0.39, 0.29) is 55.7 Å². The first-order valence-corrected chi connectivity index (χ1v) is 25.4. The number of ether oxygens (including phenoxy) is 2. The summed E-state index contributed by atoms with van der Waals surface area (Å²) in [5.41, 5.74) is 11.5. The van der Waals surface area contributed by atoms with E-state index >= 15 is 0 Å². The molecule has 0 aromatic heterocycles. The maximum absolute atomic E-state index is 12.9. The molecule has 0 heterocycles. The standard InChI is InChI=1S/C47H88N4O9S/c1-4-7-9-11-13-15-17-19-21-23-25-27-29-31-43(54)59-35-38(60-44(55)32-30-28-26-24-22-20-18-16-14-12-10-8-5-2)36-61-37-39(48)46(57)50-40(6-3)47(58)51-41(45(49)56)33-34-42(52)53/h38-41H,4-37,48H2,1-3H3,(H2,49,56)(H,50,57)(H,51,58)(H,52,53). The van der Waals surface area contributed by atoms with Gasteiger partial charge in [0, 0.05) is 30.8 Å². The lowest BCUT2D eigenvalue weighted by Crippen LogP contribution is -2.55. The predicted molar refractivity (Wildman–Crippen MR) is 247 cm³/mol. The summed E-state index contributed by atoms with van der Waals surface area (Å²) in [5.74, 6) is -3.60. The Labute approximate surface area is 373 Å². The summed E-state index contributed by atoms with van der Waals surface area (Å²) >= 11 is 1.27. The minimum Gasteiger partial charge on any atom is -0.481 e. The molecule has 0 aliphatic carbocycles. The number of nitrogens with one attached hydrogen (secondary N) is 2. The second kappa shape index (κ2) is 41.2. The predicted octanol–water partition coefficient (Wildman–Crippen LogP) is 9.19. The Bertz CT molecular complexity index is 1160. The monoisotopic (exact) mass is 885 g/mol. The topological polar surface area (TPSA) is 217 Å². The minimum absolute atomic E-state index is 0.0863. The third kappa shape index (κ3) is 36.3. The van der Waals surface area contributed by atoms with Crippen LogP contribution >= 0.6 is 11.8 Å². The lowest BCUT2D eigenvalue weighted by molar-refractivity contribution is -0.157. The number of carboxylic acids is 1. The summed E-state index contributed by atoms with van der Waals surface area (Å²) in [6.45, 7) is 6.06. The molecular formula is C47H88N4O9S. The molecule has 0 radical (unpaired) electrons. The molecule has 14 heteroatoms. The Kier molecular flexibility index (Phi) is 39.2. The smallest absolute Gasteiger partial charge is 0.306 e. The maximum Gasteiger partial charge on any atom is 0.306 e. The van der Waals surface area contributed by atoms with Crippen LogP contribution in [-0.2, 0) is 38.2 Å².